The van der Waals surface area contributed by atoms with Gasteiger partial charge in [-0.25, -0.2) is 9.59 Å². The monoisotopic (exact) mass is 464 g/mol. The number of benzene rings is 1. The Kier molecular flexibility index (Phi) is 5.77. The first-order chi connectivity index (χ1) is 14.9. The lowest BCUT2D eigenvalue weighted by molar-refractivity contribution is 0.0644. The molecule has 0 spiro atoms. The van der Waals surface area contributed by atoms with Crippen molar-refractivity contribution in [3.05, 3.63) is 70.7 Å². The molecule has 0 saturated carbocycles. The van der Waals surface area contributed by atoms with Crippen molar-refractivity contribution in [2.75, 3.05) is 13.2 Å². The average Bonchev–Trinajstić information content (AvgIpc) is 3.11. The fourth-order valence-electron chi connectivity index (χ4n) is 3.24. The third-order valence-corrected chi connectivity index (χ3v) is 5.45. The zero-order chi connectivity index (χ0) is 22.1. The molecule has 1 aliphatic heterocycles. The largest absolute Gasteiger partial charge is 0.437 e. The van der Waals surface area contributed by atoms with Gasteiger partial charge in [-0.05, 0) is 30.5 Å². The summed E-state index contributed by atoms with van der Waals surface area (Å²) in [5, 5.41) is 17.3. The molecule has 1 aliphatic rings. The number of nitriles is 1. The molecule has 0 radical (unpaired) electrons. The number of aromatic nitrogens is 5. The van der Waals surface area contributed by atoms with E-state index in [9.17, 15) is 14.4 Å². The van der Waals surface area contributed by atoms with Crippen molar-refractivity contribution in [2.24, 2.45) is 0 Å². The summed E-state index contributed by atoms with van der Waals surface area (Å²) in [5.41, 5.74) is -1.68. The van der Waals surface area contributed by atoms with Gasteiger partial charge in [-0.3, -0.25) is 9.78 Å². The lowest BCUT2D eigenvalue weighted by Gasteiger charge is -2.20. The molecule has 31 heavy (non-hydrogen) atoms. The van der Waals surface area contributed by atoms with Gasteiger partial charge in [0.15, 0.2) is 0 Å². The van der Waals surface area contributed by atoms with Gasteiger partial charge in [-0.2, -0.15) is 14.6 Å². The molecule has 1 saturated heterocycles. The fourth-order valence-corrected chi connectivity index (χ4v) is 3.85. The van der Waals surface area contributed by atoms with Crippen molar-refractivity contribution in [3.8, 4) is 11.8 Å². The maximum atomic E-state index is 12.2. The molecule has 2 aromatic heterocycles. The molecule has 0 unspecified atom stereocenters. The van der Waals surface area contributed by atoms with E-state index in [2.05, 4.69) is 10.2 Å². The Morgan fingerprint density at radius 2 is 1.84 bits per heavy atom. The van der Waals surface area contributed by atoms with Crippen LogP contribution in [0.25, 0.3) is 5.69 Å². The lowest BCUT2D eigenvalue weighted by atomic mass is 10.1. The minimum absolute atomic E-state index is 0.0425. The summed E-state index contributed by atoms with van der Waals surface area (Å²) < 4.78 is 12.7. The van der Waals surface area contributed by atoms with Gasteiger partial charge in [-0.1, -0.05) is 23.2 Å². The van der Waals surface area contributed by atoms with E-state index in [0.717, 1.165) is 4.68 Å². The molecule has 11 nitrogen and oxygen atoms in total. The fraction of sp³-hybridized carbons (Fsp3) is 0.333. The van der Waals surface area contributed by atoms with Crippen LogP contribution in [0, 0.1) is 11.3 Å². The van der Waals surface area contributed by atoms with Gasteiger partial charge in [-0.15, -0.1) is 10.2 Å². The van der Waals surface area contributed by atoms with E-state index in [4.69, 9.17) is 37.6 Å². The summed E-state index contributed by atoms with van der Waals surface area (Å²) in [6, 6.07) is 4.29. The molecule has 0 aliphatic carbocycles. The summed E-state index contributed by atoms with van der Waals surface area (Å²) >= 11 is 12.7. The Hall–Kier alpha value is -3.20. The number of aromatic amines is 1. The second-order valence-corrected chi connectivity index (χ2v) is 7.56. The molecular weight excluding hydrogens is 451 g/mol. The van der Waals surface area contributed by atoms with Crippen molar-refractivity contribution in [1.82, 2.24) is 24.5 Å². The second-order valence-electron chi connectivity index (χ2n) is 6.75. The number of nitrogens with one attached hydrogen (secondary N) is 1. The molecule has 0 atom stereocenters. The minimum atomic E-state index is -0.896. The van der Waals surface area contributed by atoms with E-state index in [1.807, 2.05) is 4.98 Å². The Balaban J connectivity index is 1.67. The molecular formula is C18H14Cl2N6O5. The van der Waals surface area contributed by atoms with Gasteiger partial charge < -0.3 is 9.15 Å². The predicted octanol–water partition coefficient (Wildman–Crippen LogP) is 1.19. The Morgan fingerprint density at radius 1 is 1.16 bits per heavy atom. The normalized spacial score (nSPS) is 14.5. The van der Waals surface area contributed by atoms with Gasteiger partial charge >= 0.3 is 11.4 Å². The Bertz CT molecular complexity index is 1340. The molecule has 1 aromatic carbocycles. The van der Waals surface area contributed by atoms with E-state index in [-0.39, 0.29) is 34.1 Å². The number of nitrogens with zero attached hydrogens (tertiary/aromatic N) is 5. The van der Waals surface area contributed by atoms with Crippen LogP contribution in [0.2, 0.25) is 10.0 Å². The van der Waals surface area contributed by atoms with Crippen LogP contribution in [-0.4, -0.2) is 37.8 Å². The van der Waals surface area contributed by atoms with Crippen LogP contribution >= 0.6 is 23.2 Å². The van der Waals surface area contributed by atoms with E-state index >= 15 is 0 Å². The van der Waals surface area contributed by atoms with Gasteiger partial charge in [0.1, 0.15) is 6.07 Å². The van der Waals surface area contributed by atoms with Gasteiger partial charge in [0.05, 0.1) is 18.2 Å². The van der Waals surface area contributed by atoms with Crippen LogP contribution in [0.4, 0.5) is 0 Å². The number of hydrogen-bond donors (Lipinski definition) is 1. The molecule has 0 amide bonds. The molecule has 1 N–H and O–H groups in total. The van der Waals surface area contributed by atoms with Crippen molar-refractivity contribution < 1.29 is 9.15 Å². The summed E-state index contributed by atoms with van der Waals surface area (Å²) in [6.45, 7) is 1.09. The van der Waals surface area contributed by atoms with E-state index < -0.39 is 22.7 Å². The number of halogens is 2. The summed E-state index contributed by atoms with van der Waals surface area (Å²) in [4.78, 5) is 37.8. The predicted molar refractivity (Wildman–Crippen MR) is 108 cm³/mol. The van der Waals surface area contributed by atoms with Gasteiger partial charge in [0, 0.05) is 23.3 Å². The first kappa shape index (κ1) is 21.0. The van der Waals surface area contributed by atoms with Crippen LogP contribution in [-0.2, 0) is 11.2 Å². The quantitative estimate of drug-likeness (QED) is 0.604. The number of rotatable bonds is 4. The molecule has 3 aromatic rings. The maximum absolute atomic E-state index is 12.2. The molecule has 13 heteroatoms. The first-order valence-electron chi connectivity index (χ1n) is 9.15. The van der Waals surface area contributed by atoms with Crippen LogP contribution in [0.15, 0.2) is 30.9 Å². The van der Waals surface area contributed by atoms with Crippen molar-refractivity contribution in [2.45, 2.75) is 25.3 Å². The summed E-state index contributed by atoms with van der Waals surface area (Å²) in [6.07, 6.45) is 1.36. The van der Waals surface area contributed by atoms with Crippen molar-refractivity contribution in [1.29, 1.82) is 5.26 Å². The Morgan fingerprint density at radius 3 is 2.48 bits per heavy atom. The zero-order valence-corrected chi connectivity index (χ0v) is 17.3. The highest BCUT2D eigenvalue weighted by atomic mass is 35.5. The van der Waals surface area contributed by atoms with E-state index in [0.29, 0.717) is 31.6 Å². The highest BCUT2D eigenvalue weighted by Gasteiger charge is 2.22. The second kappa shape index (κ2) is 8.50. The van der Waals surface area contributed by atoms with Crippen molar-refractivity contribution >= 4 is 23.2 Å². The third-order valence-electron chi connectivity index (χ3n) is 4.78. The Labute approximate surface area is 183 Å². The number of H-pyrrole nitrogens is 1. The minimum Gasteiger partial charge on any atom is -0.392 e. The number of hydrogen-bond acceptors (Lipinski definition) is 8. The van der Waals surface area contributed by atoms with Crippen LogP contribution in [0.3, 0.4) is 0 Å². The zero-order valence-electron chi connectivity index (χ0n) is 15.8. The van der Waals surface area contributed by atoms with Gasteiger partial charge in [0.2, 0.25) is 11.6 Å². The maximum Gasteiger partial charge on any atom is 0.437 e. The highest BCUT2D eigenvalue weighted by Crippen LogP contribution is 2.29. The SMILES string of the molecule is N#Cc1nn(-c2cc(Cl)c(Cc3nn(C4CCOCC4)c(=O)o3)c(Cl)c2)c(=O)[nH]c1=O. The van der Waals surface area contributed by atoms with Crippen molar-refractivity contribution in [3.63, 3.8) is 0 Å². The van der Waals surface area contributed by atoms with Gasteiger partial charge in [0.25, 0.3) is 5.56 Å². The lowest BCUT2D eigenvalue weighted by Crippen LogP contribution is -2.33. The summed E-state index contributed by atoms with van der Waals surface area (Å²) in [5.74, 6) is -0.432. The standard InChI is InChI=1S/C18H14Cl2N6O5/c19-12-5-10(25-17(28)22-16(27)14(8-21)23-25)6-13(20)11(12)7-15-24-26(18(29)31-15)9-1-3-30-4-2-9/h5-6,9H,1-4,7H2,(H,22,27,28). The topological polar surface area (TPSA) is 149 Å². The highest BCUT2D eigenvalue weighted by molar-refractivity contribution is 6.36. The van der Waals surface area contributed by atoms with E-state index in [1.165, 1.54) is 16.8 Å². The molecule has 0 bridgehead atoms. The van der Waals surface area contributed by atoms with Crippen LogP contribution < -0.4 is 17.0 Å². The molecule has 160 valence electrons. The number of ether oxygens (including phenoxy) is 1. The molecule has 1 fully saturated rings. The average molecular weight is 465 g/mol. The third kappa shape index (κ3) is 4.18. The first-order valence-corrected chi connectivity index (χ1v) is 9.91. The molecule has 4 rings (SSSR count). The van der Waals surface area contributed by atoms with Crippen LogP contribution in [0.1, 0.15) is 36.0 Å². The smallest absolute Gasteiger partial charge is 0.392 e. The van der Waals surface area contributed by atoms with E-state index in [1.54, 1.807) is 6.07 Å². The molecule has 3 heterocycles. The summed E-state index contributed by atoms with van der Waals surface area (Å²) in [7, 11) is 0. The van der Waals surface area contributed by atoms with Crippen LogP contribution in [0.5, 0.6) is 0 Å².